The number of ether oxygens (including phenoxy) is 3. The molecule has 130 valence electrons. The number of amides is 1. The van der Waals surface area contributed by atoms with Crippen LogP contribution in [0, 0.1) is 0 Å². The van der Waals surface area contributed by atoms with Crippen molar-refractivity contribution in [3.05, 3.63) is 0 Å². The van der Waals surface area contributed by atoms with E-state index in [1.54, 1.807) is 0 Å². The van der Waals surface area contributed by atoms with Crippen LogP contribution in [0.25, 0.3) is 0 Å². The van der Waals surface area contributed by atoms with E-state index in [0.29, 0.717) is 26.2 Å². The summed E-state index contributed by atoms with van der Waals surface area (Å²) in [5.74, 6) is 0.157. The Morgan fingerprint density at radius 1 is 0.773 bits per heavy atom. The van der Waals surface area contributed by atoms with Gasteiger partial charge in [-0.2, -0.15) is 0 Å². The second-order valence-electron chi connectivity index (χ2n) is 3.72. The fraction of sp³-hybridized carbons (Fsp3) is 0.800. The summed E-state index contributed by atoms with van der Waals surface area (Å²) in [4.78, 5) is 30.0. The summed E-state index contributed by atoms with van der Waals surface area (Å²) in [5, 5.41) is 2.68. The van der Waals surface area contributed by atoms with Crippen molar-refractivity contribution in [2.75, 3.05) is 26.4 Å². The van der Waals surface area contributed by atoms with Crippen molar-refractivity contribution in [2.45, 2.75) is 53.4 Å². The molecule has 3 heterocycles. The molecule has 0 saturated carbocycles. The van der Waals surface area contributed by atoms with Gasteiger partial charge >= 0.3 is 12.1 Å². The van der Waals surface area contributed by atoms with Crippen LogP contribution in [0.5, 0.6) is 0 Å². The summed E-state index contributed by atoms with van der Waals surface area (Å²) in [7, 11) is 0. The highest BCUT2D eigenvalue weighted by atomic mass is 16.8. The van der Waals surface area contributed by atoms with Crippen molar-refractivity contribution in [3.8, 4) is 0 Å². The molecule has 0 aromatic heterocycles. The van der Waals surface area contributed by atoms with Crippen LogP contribution in [-0.4, -0.2) is 44.4 Å². The van der Waals surface area contributed by atoms with Crippen LogP contribution in [-0.2, 0) is 23.8 Å². The highest BCUT2D eigenvalue weighted by molar-refractivity contribution is 5.77. The predicted molar refractivity (Wildman–Crippen MR) is 82.4 cm³/mol. The van der Waals surface area contributed by atoms with Crippen LogP contribution in [0.2, 0.25) is 0 Å². The molecule has 7 nitrogen and oxygen atoms in total. The Bertz CT molecular complexity index is 235. The minimum absolute atomic E-state index is 0.0463. The Balaban J connectivity index is 0. The van der Waals surface area contributed by atoms with E-state index in [9.17, 15) is 14.4 Å². The van der Waals surface area contributed by atoms with Crippen molar-refractivity contribution in [1.82, 2.24) is 5.32 Å². The van der Waals surface area contributed by atoms with Crippen LogP contribution >= 0.6 is 0 Å². The number of nitrogens with one attached hydrogen (secondary N) is 1. The zero-order valence-electron chi connectivity index (χ0n) is 14.1. The average Bonchev–Trinajstić information content (AvgIpc) is 3.30. The Morgan fingerprint density at radius 2 is 1.36 bits per heavy atom. The summed E-state index contributed by atoms with van der Waals surface area (Å²) in [5.41, 5.74) is 0. The van der Waals surface area contributed by atoms with Crippen molar-refractivity contribution in [3.63, 3.8) is 0 Å². The van der Waals surface area contributed by atoms with Gasteiger partial charge in [0.15, 0.2) is 0 Å². The largest absolute Gasteiger partial charge is 0.508 e. The van der Waals surface area contributed by atoms with Gasteiger partial charge in [0.05, 0.1) is 6.61 Å². The van der Waals surface area contributed by atoms with E-state index in [2.05, 4.69) is 19.5 Å². The van der Waals surface area contributed by atoms with Gasteiger partial charge in [0.2, 0.25) is 5.91 Å². The van der Waals surface area contributed by atoms with Gasteiger partial charge in [-0.25, -0.2) is 4.79 Å². The lowest BCUT2D eigenvalue weighted by atomic mass is 10.4. The summed E-state index contributed by atoms with van der Waals surface area (Å²) in [6.45, 7) is 10.4. The van der Waals surface area contributed by atoms with E-state index in [1.807, 2.05) is 27.7 Å². The molecule has 0 aromatic rings. The van der Waals surface area contributed by atoms with Crippen LogP contribution < -0.4 is 5.32 Å². The van der Waals surface area contributed by atoms with Crippen LogP contribution in [0.15, 0.2) is 0 Å². The zero-order chi connectivity index (χ0) is 17.2. The molecular formula is C15H29NO6. The van der Waals surface area contributed by atoms with Gasteiger partial charge in [-0.05, 0) is 12.8 Å². The third-order valence-corrected chi connectivity index (χ3v) is 2.21. The standard InChI is InChI=1S/C4H7NO.C4H6O2.C3H4O3.2C2H6/c6-4-2-1-3-5-4;5-4-2-1-3-6-4;4-3-5-1-2-6-3;2*1-2/h1-3H2,(H,5,6);1-3H2;1-2H2;2*1-2H3. The van der Waals surface area contributed by atoms with Gasteiger partial charge in [0.1, 0.15) is 13.2 Å². The van der Waals surface area contributed by atoms with E-state index in [1.165, 1.54) is 0 Å². The van der Waals surface area contributed by atoms with Crippen molar-refractivity contribution in [1.29, 1.82) is 0 Å². The van der Waals surface area contributed by atoms with Gasteiger partial charge in [0, 0.05) is 19.4 Å². The number of cyclic esters (lactones) is 3. The molecule has 0 aliphatic carbocycles. The Hall–Kier alpha value is -1.79. The van der Waals surface area contributed by atoms with E-state index in [0.717, 1.165) is 25.8 Å². The molecule has 0 bridgehead atoms. The van der Waals surface area contributed by atoms with Gasteiger partial charge < -0.3 is 19.5 Å². The minimum atomic E-state index is -0.546. The quantitative estimate of drug-likeness (QED) is 0.690. The first-order valence-electron chi connectivity index (χ1n) is 7.90. The lowest BCUT2D eigenvalue weighted by molar-refractivity contribution is -0.138. The second-order valence-corrected chi connectivity index (χ2v) is 3.72. The third kappa shape index (κ3) is 14.6. The SMILES string of the molecule is CC.CC.O=C1CCCN1.O=C1CCCO1.O=C1OCCO1. The monoisotopic (exact) mass is 319 g/mol. The highest BCUT2D eigenvalue weighted by Crippen LogP contribution is 2.01. The van der Waals surface area contributed by atoms with Crippen LogP contribution in [0.3, 0.4) is 0 Å². The van der Waals surface area contributed by atoms with Crippen LogP contribution in [0.1, 0.15) is 53.4 Å². The van der Waals surface area contributed by atoms with E-state index in [-0.39, 0.29) is 11.9 Å². The molecule has 3 fully saturated rings. The predicted octanol–water partition coefficient (Wildman–Crippen LogP) is 2.43. The highest BCUT2D eigenvalue weighted by Gasteiger charge is 2.09. The van der Waals surface area contributed by atoms with Gasteiger partial charge in [0.25, 0.3) is 0 Å². The lowest BCUT2D eigenvalue weighted by Gasteiger charge is -1.81. The number of carbonyl (C=O) groups is 3. The van der Waals surface area contributed by atoms with Gasteiger partial charge in [-0.1, -0.05) is 27.7 Å². The number of esters is 1. The van der Waals surface area contributed by atoms with Crippen molar-refractivity contribution >= 4 is 18.0 Å². The molecule has 3 aliphatic heterocycles. The molecule has 0 aromatic carbocycles. The number of hydrogen-bond acceptors (Lipinski definition) is 6. The van der Waals surface area contributed by atoms with E-state index in [4.69, 9.17) is 0 Å². The van der Waals surface area contributed by atoms with E-state index >= 15 is 0 Å². The summed E-state index contributed by atoms with van der Waals surface area (Å²) in [6.07, 6.45) is 2.76. The van der Waals surface area contributed by atoms with Gasteiger partial charge in [-0.3, -0.25) is 9.59 Å². The molecule has 0 unspecified atom stereocenters. The summed E-state index contributed by atoms with van der Waals surface area (Å²) < 4.78 is 13.1. The molecule has 1 amide bonds. The molecule has 0 radical (unpaired) electrons. The molecule has 7 heteroatoms. The van der Waals surface area contributed by atoms with Crippen molar-refractivity contribution in [2.24, 2.45) is 0 Å². The first-order chi connectivity index (χ1) is 10.7. The molecule has 3 rings (SSSR count). The second kappa shape index (κ2) is 17.3. The first kappa shape index (κ1) is 22.5. The zero-order valence-corrected chi connectivity index (χ0v) is 14.1. The maximum Gasteiger partial charge on any atom is 0.508 e. The molecule has 3 aliphatic rings. The molecular weight excluding hydrogens is 290 g/mol. The molecule has 0 atom stereocenters. The average molecular weight is 319 g/mol. The normalized spacial score (nSPS) is 17.4. The Kier molecular flexibility index (Phi) is 17.6. The summed E-state index contributed by atoms with van der Waals surface area (Å²) >= 11 is 0. The fourth-order valence-electron chi connectivity index (χ4n) is 1.33. The molecule has 22 heavy (non-hydrogen) atoms. The first-order valence-corrected chi connectivity index (χ1v) is 7.90. The fourth-order valence-corrected chi connectivity index (χ4v) is 1.33. The third-order valence-electron chi connectivity index (χ3n) is 2.21. The molecule has 1 N–H and O–H groups in total. The summed E-state index contributed by atoms with van der Waals surface area (Å²) in [6, 6.07) is 0. The molecule has 0 spiro atoms. The minimum Gasteiger partial charge on any atom is -0.466 e. The van der Waals surface area contributed by atoms with Gasteiger partial charge in [-0.15, -0.1) is 0 Å². The smallest absolute Gasteiger partial charge is 0.466 e. The lowest BCUT2D eigenvalue weighted by Crippen LogP contribution is -2.12. The number of hydrogen-bond donors (Lipinski definition) is 1. The number of rotatable bonds is 0. The van der Waals surface area contributed by atoms with E-state index < -0.39 is 6.16 Å². The molecule has 3 saturated heterocycles. The van der Waals surface area contributed by atoms with Crippen molar-refractivity contribution < 1.29 is 28.6 Å². The Morgan fingerprint density at radius 3 is 1.50 bits per heavy atom. The topological polar surface area (TPSA) is 90.9 Å². The maximum atomic E-state index is 10.1. The number of carbonyl (C=O) groups excluding carboxylic acids is 3. The maximum absolute atomic E-state index is 10.1. The van der Waals surface area contributed by atoms with Crippen LogP contribution in [0.4, 0.5) is 4.79 Å². The Labute approximate surface area is 132 Å².